The second-order valence-corrected chi connectivity index (χ2v) is 5.44. The van der Waals surface area contributed by atoms with E-state index in [1.54, 1.807) is 0 Å². The predicted octanol–water partition coefficient (Wildman–Crippen LogP) is 2.83. The van der Waals surface area contributed by atoms with Crippen LogP contribution >= 0.6 is 0 Å². The molecule has 0 bridgehead atoms. The van der Waals surface area contributed by atoms with Gasteiger partial charge in [-0.15, -0.1) is 0 Å². The van der Waals surface area contributed by atoms with Crippen LogP contribution in [0.15, 0.2) is 24.3 Å². The summed E-state index contributed by atoms with van der Waals surface area (Å²) in [5.74, 6) is -0.156. The number of amidine groups is 1. The molecule has 1 aliphatic rings. The Morgan fingerprint density at radius 1 is 1.24 bits per heavy atom. The minimum absolute atomic E-state index is 0.0174. The average molecular weight is 292 g/mol. The molecule has 2 rings (SSSR count). The van der Waals surface area contributed by atoms with E-state index >= 15 is 0 Å². The molecule has 1 aliphatic carbocycles. The molecule has 0 radical (unpaired) electrons. The molecule has 1 aromatic rings. The van der Waals surface area contributed by atoms with Gasteiger partial charge in [-0.05, 0) is 43.0 Å². The van der Waals surface area contributed by atoms with E-state index in [0.29, 0.717) is 5.69 Å². The van der Waals surface area contributed by atoms with Crippen molar-refractivity contribution in [3.8, 4) is 0 Å². The average Bonchev–Trinajstić information content (AvgIpc) is 2.48. The van der Waals surface area contributed by atoms with Crippen LogP contribution in [-0.4, -0.2) is 17.9 Å². The highest BCUT2D eigenvalue weighted by Gasteiger charge is 2.27. The Balaban J connectivity index is 1.94. The van der Waals surface area contributed by atoms with Gasteiger partial charge in [-0.3, -0.25) is 5.41 Å². The van der Waals surface area contributed by atoms with Gasteiger partial charge in [0.15, 0.2) is 0 Å². The third-order valence-corrected chi connectivity index (χ3v) is 3.84. The van der Waals surface area contributed by atoms with Crippen LogP contribution in [-0.2, 0) is 0 Å². The van der Waals surface area contributed by atoms with Crippen LogP contribution in [0.3, 0.4) is 0 Å². The molecule has 1 fully saturated rings. The molecule has 1 aromatic carbocycles. The molecular weight excluding hydrogens is 271 g/mol. The molecule has 6 heteroatoms. The van der Waals surface area contributed by atoms with E-state index in [1.165, 1.54) is 30.7 Å². The molecule has 0 heterocycles. The molecule has 0 spiro atoms. The first kappa shape index (κ1) is 15.3. The first-order valence-electron chi connectivity index (χ1n) is 7.23. The van der Waals surface area contributed by atoms with E-state index < -0.39 is 12.1 Å². The predicted molar refractivity (Wildman–Crippen MR) is 80.8 cm³/mol. The standard InChI is InChI=1S/C15H21FN4O/c16-11-6-8-12(9-7-11)19-15(21)20-13(14(17)18)10-4-2-1-3-5-10/h6-10,13H,1-5H2,(H3,17,18)(H2,19,20,21). The first-order valence-corrected chi connectivity index (χ1v) is 7.23. The van der Waals surface area contributed by atoms with Crippen molar-refractivity contribution < 1.29 is 9.18 Å². The van der Waals surface area contributed by atoms with Gasteiger partial charge in [-0.25, -0.2) is 9.18 Å². The van der Waals surface area contributed by atoms with Crippen LogP contribution in [0.5, 0.6) is 0 Å². The number of carbonyl (C=O) groups is 1. The maximum absolute atomic E-state index is 12.8. The van der Waals surface area contributed by atoms with Gasteiger partial charge in [0.05, 0.1) is 6.04 Å². The second-order valence-electron chi connectivity index (χ2n) is 5.44. The normalized spacial score (nSPS) is 17.0. The van der Waals surface area contributed by atoms with Crippen LogP contribution < -0.4 is 16.4 Å². The lowest BCUT2D eigenvalue weighted by Crippen LogP contribution is -2.50. The van der Waals surface area contributed by atoms with Gasteiger partial charge < -0.3 is 16.4 Å². The van der Waals surface area contributed by atoms with E-state index in [2.05, 4.69) is 10.6 Å². The number of anilines is 1. The van der Waals surface area contributed by atoms with Gasteiger partial charge >= 0.3 is 6.03 Å². The van der Waals surface area contributed by atoms with Crippen LogP contribution in [0.25, 0.3) is 0 Å². The van der Waals surface area contributed by atoms with Crippen molar-refractivity contribution in [1.82, 2.24) is 5.32 Å². The highest BCUT2D eigenvalue weighted by molar-refractivity contribution is 5.94. The number of halogens is 1. The lowest BCUT2D eigenvalue weighted by atomic mass is 9.83. The topological polar surface area (TPSA) is 91.0 Å². The summed E-state index contributed by atoms with van der Waals surface area (Å²) in [6.45, 7) is 0. The summed E-state index contributed by atoms with van der Waals surface area (Å²) in [4.78, 5) is 12.0. The first-order chi connectivity index (χ1) is 10.1. The molecule has 114 valence electrons. The number of hydrogen-bond donors (Lipinski definition) is 4. The lowest BCUT2D eigenvalue weighted by molar-refractivity contribution is 0.242. The van der Waals surface area contributed by atoms with Gasteiger partial charge in [0.1, 0.15) is 11.7 Å². The summed E-state index contributed by atoms with van der Waals surface area (Å²) < 4.78 is 12.8. The summed E-state index contributed by atoms with van der Waals surface area (Å²) in [6, 6.07) is 4.66. The fourth-order valence-electron chi connectivity index (χ4n) is 2.76. The number of nitrogens with two attached hydrogens (primary N) is 1. The number of rotatable bonds is 4. The molecule has 1 atom stereocenters. The van der Waals surface area contributed by atoms with Gasteiger partial charge in [0, 0.05) is 5.69 Å². The zero-order valence-electron chi connectivity index (χ0n) is 11.9. The van der Waals surface area contributed by atoms with Crippen molar-refractivity contribution in [3.63, 3.8) is 0 Å². The largest absolute Gasteiger partial charge is 0.386 e. The van der Waals surface area contributed by atoms with Crippen molar-refractivity contribution in [3.05, 3.63) is 30.1 Å². The molecular formula is C15H21FN4O. The SMILES string of the molecule is N=C(N)C(NC(=O)Nc1ccc(F)cc1)C1CCCCC1. The molecule has 5 nitrogen and oxygen atoms in total. The van der Waals surface area contributed by atoms with E-state index in [4.69, 9.17) is 11.1 Å². The third-order valence-electron chi connectivity index (χ3n) is 3.84. The number of urea groups is 1. The van der Waals surface area contributed by atoms with Crippen LogP contribution in [0.2, 0.25) is 0 Å². The summed E-state index contributed by atoms with van der Waals surface area (Å²) in [6.07, 6.45) is 5.36. The van der Waals surface area contributed by atoms with Gasteiger partial charge in [0.2, 0.25) is 0 Å². The van der Waals surface area contributed by atoms with E-state index in [0.717, 1.165) is 25.7 Å². The van der Waals surface area contributed by atoms with E-state index in [9.17, 15) is 9.18 Å². The van der Waals surface area contributed by atoms with E-state index in [1.807, 2.05) is 0 Å². The van der Waals surface area contributed by atoms with Crippen molar-refractivity contribution >= 4 is 17.6 Å². The quantitative estimate of drug-likeness (QED) is 0.507. The Morgan fingerprint density at radius 3 is 2.43 bits per heavy atom. The summed E-state index contributed by atoms with van der Waals surface area (Å²) >= 11 is 0. The minimum atomic E-state index is -0.439. The molecule has 0 aliphatic heterocycles. The number of benzene rings is 1. The molecule has 0 saturated heterocycles. The summed E-state index contributed by atoms with van der Waals surface area (Å²) in [5.41, 5.74) is 6.12. The molecule has 2 amide bonds. The summed E-state index contributed by atoms with van der Waals surface area (Å²) in [5, 5.41) is 13.1. The third kappa shape index (κ3) is 4.44. The Morgan fingerprint density at radius 2 is 1.86 bits per heavy atom. The molecule has 1 unspecified atom stereocenters. The maximum Gasteiger partial charge on any atom is 0.319 e. The van der Waals surface area contributed by atoms with E-state index in [-0.39, 0.29) is 17.6 Å². The van der Waals surface area contributed by atoms with Crippen LogP contribution in [0, 0.1) is 17.1 Å². The van der Waals surface area contributed by atoms with Crippen molar-refractivity contribution in [2.45, 2.75) is 38.1 Å². The monoisotopic (exact) mass is 292 g/mol. The molecule has 21 heavy (non-hydrogen) atoms. The molecule has 1 saturated carbocycles. The molecule has 5 N–H and O–H groups in total. The number of hydrogen-bond acceptors (Lipinski definition) is 2. The van der Waals surface area contributed by atoms with Gasteiger partial charge in [-0.2, -0.15) is 0 Å². The van der Waals surface area contributed by atoms with Crippen molar-refractivity contribution in [2.75, 3.05) is 5.32 Å². The smallest absolute Gasteiger partial charge is 0.319 e. The number of nitrogens with one attached hydrogen (secondary N) is 3. The Bertz CT molecular complexity index is 497. The summed E-state index contributed by atoms with van der Waals surface area (Å²) in [7, 11) is 0. The fourth-order valence-corrected chi connectivity index (χ4v) is 2.76. The highest BCUT2D eigenvalue weighted by atomic mass is 19.1. The number of amides is 2. The number of carbonyl (C=O) groups excluding carboxylic acids is 1. The van der Waals surface area contributed by atoms with Gasteiger partial charge in [-0.1, -0.05) is 19.3 Å². The second kappa shape index (κ2) is 7.06. The Hall–Kier alpha value is -2.11. The zero-order valence-corrected chi connectivity index (χ0v) is 11.9. The zero-order chi connectivity index (χ0) is 15.2. The minimum Gasteiger partial charge on any atom is -0.386 e. The highest BCUT2D eigenvalue weighted by Crippen LogP contribution is 2.26. The van der Waals surface area contributed by atoms with Crippen LogP contribution in [0.4, 0.5) is 14.9 Å². The Labute approximate surface area is 123 Å². The van der Waals surface area contributed by atoms with Crippen molar-refractivity contribution in [1.29, 1.82) is 5.41 Å². The Kier molecular flexibility index (Phi) is 5.14. The molecule has 0 aromatic heterocycles. The van der Waals surface area contributed by atoms with Crippen LogP contribution in [0.1, 0.15) is 32.1 Å². The fraction of sp³-hybridized carbons (Fsp3) is 0.467. The van der Waals surface area contributed by atoms with Gasteiger partial charge in [0.25, 0.3) is 0 Å². The van der Waals surface area contributed by atoms with Crippen molar-refractivity contribution in [2.24, 2.45) is 11.7 Å². The maximum atomic E-state index is 12.8. The lowest BCUT2D eigenvalue weighted by Gasteiger charge is -2.30.